The molecule has 15 heteroatoms. The van der Waals surface area contributed by atoms with E-state index < -0.39 is 34.5 Å². The van der Waals surface area contributed by atoms with Gasteiger partial charge in [-0.25, -0.2) is 4.79 Å². The molecule has 6 aromatic rings. The van der Waals surface area contributed by atoms with Gasteiger partial charge in [0.2, 0.25) is 0 Å². The normalized spacial score (nSPS) is 10.9. The van der Waals surface area contributed by atoms with Gasteiger partial charge in [0, 0.05) is 22.7 Å². The van der Waals surface area contributed by atoms with Crippen molar-refractivity contribution in [2.24, 2.45) is 0 Å². The Morgan fingerprint density at radius 1 is 0.534 bits per heavy atom. The predicted molar refractivity (Wildman–Crippen MR) is 219 cm³/mol. The van der Waals surface area contributed by atoms with Gasteiger partial charge in [-0.1, -0.05) is 61.3 Å². The molecular formula is C43H38Cl2F6N4O3. The molecule has 0 saturated heterocycles. The number of alkyl halides is 6. The van der Waals surface area contributed by atoms with Crippen molar-refractivity contribution < 1.29 is 40.6 Å². The molecule has 2 amide bonds. The van der Waals surface area contributed by atoms with Crippen LogP contribution < -0.4 is 31.6 Å². The SMILES string of the molecule is CCc1cccc(Oc2ccc(N)cc2)c1.CCc1cccc(Oc2ccc(NC(=O)Nc3ccc(Cl)c(C(F)(F)F)c3)cc2)c1.Nc1ccc(Cl)c(C(F)(F)F)c1. The van der Waals surface area contributed by atoms with Gasteiger partial charge in [-0.15, -0.1) is 0 Å². The number of hydrogen-bond acceptors (Lipinski definition) is 5. The van der Waals surface area contributed by atoms with Crippen LogP contribution in [0.25, 0.3) is 0 Å². The van der Waals surface area contributed by atoms with Crippen LogP contribution >= 0.6 is 23.2 Å². The van der Waals surface area contributed by atoms with E-state index in [-0.39, 0.29) is 16.4 Å². The molecule has 304 valence electrons. The zero-order chi connectivity index (χ0) is 42.5. The highest BCUT2D eigenvalue weighted by Crippen LogP contribution is 2.37. The van der Waals surface area contributed by atoms with E-state index in [0.29, 0.717) is 17.2 Å². The Morgan fingerprint density at radius 3 is 1.41 bits per heavy atom. The Labute approximate surface area is 341 Å². The molecule has 0 aliphatic rings. The number of carbonyl (C=O) groups is 1. The summed E-state index contributed by atoms with van der Waals surface area (Å²) in [5.41, 5.74) is 12.5. The van der Waals surface area contributed by atoms with Crippen LogP contribution in [0, 0.1) is 0 Å². The average molecular weight is 844 g/mol. The quantitative estimate of drug-likeness (QED) is 0.0901. The number of carbonyl (C=O) groups excluding carboxylic acids is 1. The number of hydrogen-bond donors (Lipinski definition) is 4. The van der Waals surface area contributed by atoms with Crippen molar-refractivity contribution >= 4 is 52.0 Å². The molecule has 6 aromatic carbocycles. The zero-order valence-corrected chi connectivity index (χ0v) is 32.5. The second-order valence-electron chi connectivity index (χ2n) is 12.3. The highest BCUT2D eigenvalue weighted by atomic mass is 35.5. The number of urea groups is 1. The molecule has 7 nitrogen and oxygen atoms in total. The van der Waals surface area contributed by atoms with Gasteiger partial charge in [0.15, 0.2) is 0 Å². The smallest absolute Gasteiger partial charge is 0.417 e. The topological polar surface area (TPSA) is 112 Å². The lowest BCUT2D eigenvalue weighted by atomic mass is 10.2. The summed E-state index contributed by atoms with van der Waals surface area (Å²) in [5.74, 6) is 2.96. The first-order valence-electron chi connectivity index (χ1n) is 17.5. The van der Waals surface area contributed by atoms with Crippen LogP contribution in [0.5, 0.6) is 23.0 Å². The zero-order valence-electron chi connectivity index (χ0n) is 31.0. The summed E-state index contributed by atoms with van der Waals surface area (Å²) in [6.07, 6.45) is -7.14. The van der Waals surface area contributed by atoms with Gasteiger partial charge < -0.3 is 31.6 Å². The molecule has 0 radical (unpaired) electrons. The lowest BCUT2D eigenvalue weighted by molar-refractivity contribution is -0.138. The Balaban J connectivity index is 0.000000221. The third-order valence-electron chi connectivity index (χ3n) is 7.90. The lowest BCUT2D eigenvalue weighted by Crippen LogP contribution is -2.19. The maximum atomic E-state index is 12.9. The fourth-order valence-corrected chi connectivity index (χ4v) is 5.40. The summed E-state index contributed by atoms with van der Waals surface area (Å²) < 4.78 is 86.5. The molecule has 0 aromatic heterocycles. The fourth-order valence-electron chi connectivity index (χ4n) is 4.95. The van der Waals surface area contributed by atoms with Crippen molar-refractivity contribution in [3.8, 4) is 23.0 Å². The van der Waals surface area contributed by atoms with E-state index in [1.807, 2.05) is 60.7 Å². The number of halogens is 8. The van der Waals surface area contributed by atoms with Gasteiger partial charge in [0.25, 0.3) is 0 Å². The first-order valence-corrected chi connectivity index (χ1v) is 18.2. The van der Waals surface area contributed by atoms with Crippen molar-refractivity contribution in [3.63, 3.8) is 0 Å². The Hall–Kier alpha value is -6.05. The highest BCUT2D eigenvalue weighted by molar-refractivity contribution is 6.31. The molecule has 58 heavy (non-hydrogen) atoms. The van der Waals surface area contributed by atoms with E-state index >= 15 is 0 Å². The van der Waals surface area contributed by atoms with Gasteiger partial charge in [-0.05, 0) is 133 Å². The highest BCUT2D eigenvalue weighted by Gasteiger charge is 2.34. The second kappa shape index (κ2) is 20.4. The number of rotatable bonds is 8. The number of ether oxygens (including phenoxy) is 2. The van der Waals surface area contributed by atoms with E-state index in [9.17, 15) is 31.1 Å². The Bertz CT molecular complexity index is 2270. The number of aryl methyl sites for hydroxylation is 2. The molecule has 0 fully saturated rings. The maximum absolute atomic E-state index is 12.9. The van der Waals surface area contributed by atoms with Crippen molar-refractivity contribution in [1.29, 1.82) is 0 Å². The average Bonchev–Trinajstić information content (AvgIpc) is 3.18. The summed E-state index contributed by atoms with van der Waals surface area (Å²) in [6.45, 7) is 4.18. The molecule has 6 N–H and O–H groups in total. The van der Waals surface area contributed by atoms with Gasteiger partial charge in [0.05, 0.1) is 21.2 Å². The van der Waals surface area contributed by atoms with Crippen LogP contribution in [-0.2, 0) is 25.2 Å². The minimum atomic E-state index is -4.61. The van der Waals surface area contributed by atoms with Crippen LogP contribution in [0.4, 0.5) is 53.9 Å². The number of nitrogen functional groups attached to an aromatic ring is 2. The fraction of sp³-hybridized carbons (Fsp3) is 0.140. The van der Waals surface area contributed by atoms with E-state index in [1.165, 1.54) is 17.7 Å². The summed E-state index contributed by atoms with van der Waals surface area (Å²) in [6, 6.07) is 35.6. The molecule has 0 heterocycles. The molecular weight excluding hydrogens is 805 g/mol. The number of anilines is 4. The van der Waals surface area contributed by atoms with Crippen LogP contribution in [0.3, 0.4) is 0 Å². The van der Waals surface area contributed by atoms with Crippen molar-refractivity contribution in [3.05, 3.63) is 166 Å². The Morgan fingerprint density at radius 2 is 0.948 bits per heavy atom. The third kappa shape index (κ3) is 14.2. The van der Waals surface area contributed by atoms with Crippen molar-refractivity contribution in [2.45, 2.75) is 39.0 Å². The van der Waals surface area contributed by atoms with Crippen LogP contribution in [0.15, 0.2) is 133 Å². The van der Waals surface area contributed by atoms with E-state index in [2.05, 4.69) is 36.6 Å². The van der Waals surface area contributed by atoms with Gasteiger partial charge >= 0.3 is 18.4 Å². The number of nitrogens with one attached hydrogen (secondary N) is 2. The minimum absolute atomic E-state index is 0.0278. The largest absolute Gasteiger partial charge is 0.457 e. The van der Waals surface area contributed by atoms with E-state index in [1.54, 1.807) is 24.3 Å². The van der Waals surface area contributed by atoms with Gasteiger partial charge in [-0.2, -0.15) is 26.3 Å². The van der Waals surface area contributed by atoms with Crippen molar-refractivity contribution in [1.82, 2.24) is 0 Å². The maximum Gasteiger partial charge on any atom is 0.417 e. The standard InChI is InChI=1S/C22H18ClF3N2O2.C14H15NO.C7H5ClF3N/c1-2-14-4-3-5-18(12-14)30-17-9-6-15(7-10-17)27-21(29)28-16-8-11-20(23)19(13-16)22(24,25)26;1-2-11-4-3-5-14(10-11)16-13-8-6-12(15)7-9-13;8-6-2-1-4(12)3-5(6)7(9,10)11/h3-13H,2H2,1H3,(H2,27,28,29);3-10H,2,15H2,1H3;1-3H,12H2. The summed E-state index contributed by atoms with van der Waals surface area (Å²) in [7, 11) is 0. The predicted octanol–water partition coefficient (Wildman–Crippen LogP) is 13.9. The van der Waals surface area contributed by atoms with Gasteiger partial charge in [0.1, 0.15) is 23.0 Å². The summed E-state index contributed by atoms with van der Waals surface area (Å²) in [5, 5.41) is 4.14. The number of amides is 2. The third-order valence-corrected chi connectivity index (χ3v) is 8.56. The Kier molecular flexibility index (Phi) is 15.7. The first-order chi connectivity index (χ1) is 27.4. The number of benzene rings is 6. The van der Waals surface area contributed by atoms with E-state index in [4.69, 9.17) is 44.1 Å². The molecule has 0 spiro atoms. The molecule has 0 bridgehead atoms. The molecule has 0 aliphatic heterocycles. The number of nitrogens with two attached hydrogens (primary N) is 2. The monoisotopic (exact) mass is 842 g/mol. The molecule has 0 unspecified atom stereocenters. The second-order valence-corrected chi connectivity index (χ2v) is 13.1. The van der Waals surface area contributed by atoms with Crippen LogP contribution in [0.1, 0.15) is 36.1 Å². The first kappa shape index (κ1) is 44.7. The molecule has 0 atom stereocenters. The van der Waals surface area contributed by atoms with Crippen molar-refractivity contribution in [2.75, 3.05) is 22.1 Å². The van der Waals surface area contributed by atoms with Gasteiger partial charge in [-0.3, -0.25) is 0 Å². The molecule has 6 rings (SSSR count). The summed E-state index contributed by atoms with van der Waals surface area (Å²) in [4.78, 5) is 12.1. The lowest BCUT2D eigenvalue weighted by Gasteiger charge is -2.12. The summed E-state index contributed by atoms with van der Waals surface area (Å²) >= 11 is 10.9. The molecule has 0 saturated carbocycles. The van der Waals surface area contributed by atoms with E-state index in [0.717, 1.165) is 59.9 Å². The van der Waals surface area contributed by atoms with Crippen LogP contribution in [0.2, 0.25) is 10.0 Å². The molecule has 0 aliphatic carbocycles. The van der Waals surface area contributed by atoms with Crippen LogP contribution in [-0.4, -0.2) is 6.03 Å². The minimum Gasteiger partial charge on any atom is -0.457 e.